The average molecular weight is 195 g/mol. The largest absolute Gasteiger partial charge is 0.317 e. The second kappa shape index (κ2) is 3.43. The van der Waals surface area contributed by atoms with Crippen LogP contribution in [-0.4, -0.2) is 13.1 Å². The molecule has 1 saturated carbocycles. The standard InChI is InChI=1S/C11H17NS/c1-3-12-7-10-6-11(10,2)9-4-5-13-8-9/h4-5,8,10,12H,3,6-7H2,1-2H3. The summed E-state index contributed by atoms with van der Waals surface area (Å²) in [7, 11) is 0. The van der Waals surface area contributed by atoms with Gasteiger partial charge in [0.2, 0.25) is 0 Å². The first-order valence-electron chi connectivity index (χ1n) is 5.01. The molecule has 0 aromatic carbocycles. The molecular formula is C11H17NS. The van der Waals surface area contributed by atoms with Gasteiger partial charge < -0.3 is 5.32 Å². The summed E-state index contributed by atoms with van der Waals surface area (Å²) < 4.78 is 0. The Kier molecular flexibility index (Phi) is 2.43. The number of nitrogens with one attached hydrogen (secondary N) is 1. The SMILES string of the molecule is CCNCC1CC1(C)c1ccsc1. The zero-order chi connectivity index (χ0) is 9.31. The van der Waals surface area contributed by atoms with Gasteiger partial charge in [0, 0.05) is 0 Å². The number of rotatable bonds is 4. The van der Waals surface area contributed by atoms with Crippen molar-refractivity contribution in [3.05, 3.63) is 22.4 Å². The predicted octanol–water partition coefficient (Wildman–Crippen LogP) is 2.64. The monoisotopic (exact) mass is 195 g/mol. The molecule has 13 heavy (non-hydrogen) atoms. The third-order valence-electron chi connectivity index (χ3n) is 3.23. The Hall–Kier alpha value is -0.340. The van der Waals surface area contributed by atoms with Gasteiger partial charge in [0.25, 0.3) is 0 Å². The first-order valence-corrected chi connectivity index (χ1v) is 5.95. The molecule has 2 rings (SSSR count). The van der Waals surface area contributed by atoms with Crippen molar-refractivity contribution >= 4 is 11.3 Å². The van der Waals surface area contributed by atoms with Gasteiger partial charge in [-0.3, -0.25) is 0 Å². The summed E-state index contributed by atoms with van der Waals surface area (Å²) in [6.07, 6.45) is 1.36. The van der Waals surface area contributed by atoms with Crippen LogP contribution in [0.25, 0.3) is 0 Å². The molecule has 0 bridgehead atoms. The molecule has 1 aliphatic rings. The first kappa shape index (κ1) is 9.22. The maximum absolute atomic E-state index is 3.43. The molecule has 1 aromatic rings. The van der Waals surface area contributed by atoms with Crippen molar-refractivity contribution in [1.29, 1.82) is 0 Å². The van der Waals surface area contributed by atoms with Crippen molar-refractivity contribution in [1.82, 2.24) is 5.32 Å². The minimum Gasteiger partial charge on any atom is -0.317 e. The molecule has 0 saturated heterocycles. The highest BCUT2D eigenvalue weighted by Crippen LogP contribution is 2.53. The van der Waals surface area contributed by atoms with Gasteiger partial charge in [-0.2, -0.15) is 11.3 Å². The van der Waals surface area contributed by atoms with Crippen LogP contribution in [0, 0.1) is 5.92 Å². The molecule has 2 heteroatoms. The third kappa shape index (κ3) is 1.65. The van der Waals surface area contributed by atoms with Crippen LogP contribution in [0.2, 0.25) is 0 Å². The number of hydrogen-bond donors (Lipinski definition) is 1. The Morgan fingerprint density at radius 2 is 2.54 bits per heavy atom. The van der Waals surface area contributed by atoms with Gasteiger partial charge in [0.05, 0.1) is 0 Å². The fourth-order valence-corrected chi connectivity index (χ4v) is 2.81. The lowest BCUT2D eigenvalue weighted by molar-refractivity contribution is 0.592. The smallest absolute Gasteiger partial charge is 0.00119 e. The van der Waals surface area contributed by atoms with E-state index in [1.807, 2.05) is 11.3 Å². The van der Waals surface area contributed by atoms with Crippen molar-refractivity contribution in [2.45, 2.75) is 25.7 Å². The van der Waals surface area contributed by atoms with Crippen molar-refractivity contribution < 1.29 is 0 Å². The molecule has 0 spiro atoms. The van der Waals surface area contributed by atoms with Crippen LogP contribution in [0.1, 0.15) is 25.8 Å². The van der Waals surface area contributed by atoms with Crippen molar-refractivity contribution in [2.75, 3.05) is 13.1 Å². The van der Waals surface area contributed by atoms with E-state index in [4.69, 9.17) is 0 Å². The fourth-order valence-electron chi connectivity index (χ4n) is 2.01. The molecule has 1 N–H and O–H groups in total. The zero-order valence-electron chi connectivity index (χ0n) is 8.34. The molecule has 0 amide bonds. The average Bonchev–Trinajstić information content (AvgIpc) is 2.61. The highest BCUT2D eigenvalue weighted by Gasteiger charge is 2.50. The number of hydrogen-bond acceptors (Lipinski definition) is 2. The van der Waals surface area contributed by atoms with Crippen LogP contribution < -0.4 is 5.32 Å². The van der Waals surface area contributed by atoms with Crippen LogP contribution in [0.4, 0.5) is 0 Å². The molecule has 1 nitrogen and oxygen atoms in total. The van der Waals surface area contributed by atoms with E-state index in [0.717, 1.165) is 12.5 Å². The Bertz CT molecular complexity index is 268. The lowest BCUT2D eigenvalue weighted by Gasteiger charge is -2.09. The molecule has 0 radical (unpaired) electrons. The minimum absolute atomic E-state index is 0.488. The van der Waals surface area contributed by atoms with Crippen LogP contribution in [0.15, 0.2) is 16.8 Å². The normalized spacial score (nSPS) is 32.0. The Balaban J connectivity index is 1.95. The van der Waals surface area contributed by atoms with Crippen molar-refractivity contribution in [3.63, 3.8) is 0 Å². The Morgan fingerprint density at radius 3 is 3.15 bits per heavy atom. The lowest BCUT2D eigenvalue weighted by atomic mass is 9.99. The van der Waals surface area contributed by atoms with Gasteiger partial charge in [-0.15, -0.1) is 0 Å². The molecule has 0 aliphatic heterocycles. The van der Waals surface area contributed by atoms with E-state index in [9.17, 15) is 0 Å². The molecule has 1 aromatic heterocycles. The molecule has 1 aliphatic carbocycles. The van der Waals surface area contributed by atoms with E-state index in [-0.39, 0.29) is 0 Å². The fraction of sp³-hybridized carbons (Fsp3) is 0.636. The van der Waals surface area contributed by atoms with Crippen molar-refractivity contribution in [2.24, 2.45) is 5.92 Å². The summed E-state index contributed by atoms with van der Waals surface area (Å²) in [5, 5.41) is 7.91. The summed E-state index contributed by atoms with van der Waals surface area (Å²) >= 11 is 1.81. The van der Waals surface area contributed by atoms with Gasteiger partial charge >= 0.3 is 0 Å². The van der Waals surface area contributed by atoms with Gasteiger partial charge in [0.1, 0.15) is 0 Å². The van der Waals surface area contributed by atoms with E-state index in [0.29, 0.717) is 5.41 Å². The van der Waals surface area contributed by atoms with Crippen LogP contribution in [0.3, 0.4) is 0 Å². The second-order valence-electron chi connectivity index (χ2n) is 4.14. The molecule has 2 atom stereocenters. The Morgan fingerprint density at radius 1 is 1.69 bits per heavy atom. The minimum atomic E-state index is 0.488. The van der Waals surface area contributed by atoms with Gasteiger partial charge in [-0.05, 0) is 53.2 Å². The van der Waals surface area contributed by atoms with E-state index < -0.39 is 0 Å². The van der Waals surface area contributed by atoms with E-state index in [1.54, 1.807) is 5.56 Å². The van der Waals surface area contributed by atoms with Gasteiger partial charge in [-0.1, -0.05) is 13.8 Å². The van der Waals surface area contributed by atoms with Crippen LogP contribution >= 0.6 is 11.3 Å². The predicted molar refractivity (Wildman–Crippen MR) is 58.3 cm³/mol. The van der Waals surface area contributed by atoms with E-state index in [2.05, 4.69) is 36.0 Å². The topological polar surface area (TPSA) is 12.0 Å². The second-order valence-corrected chi connectivity index (χ2v) is 4.92. The number of thiophene rings is 1. The van der Waals surface area contributed by atoms with Gasteiger partial charge in [-0.25, -0.2) is 0 Å². The highest BCUT2D eigenvalue weighted by atomic mass is 32.1. The van der Waals surface area contributed by atoms with E-state index in [1.165, 1.54) is 13.0 Å². The summed E-state index contributed by atoms with van der Waals surface area (Å²) in [5.74, 6) is 0.863. The molecule has 1 heterocycles. The molecule has 72 valence electrons. The maximum Gasteiger partial charge on any atom is -0.00119 e. The quantitative estimate of drug-likeness (QED) is 0.779. The molecular weight excluding hydrogens is 178 g/mol. The van der Waals surface area contributed by atoms with Crippen LogP contribution in [0.5, 0.6) is 0 Å². The van der Waals surface area contributed by atoms with Gasteiger partial charge in [0.15, 0.2) is 0 Å². The summed E-state index contributed by atoms with van der Waals surface area (Å²) in [6.45, 7) is 6.83. The lowest BCUT2D eigenvalue weighted by Crippen LogP contribution is -2.19. The highest BCUT2D eigenvalue weighted by molar-refractivity contribution is 7.08. The van der Waals surface area contributed by atoms with E-state index >= 15 is 0 Å². The summed E-state index contributed by atoms with van der Waals surface area (Å²) in [5.41, 5.74) is 2.03. The molecule has 2 unspecified atom stereocenters. The van der Waals surface area contributed by atoms with Crippen LogP contribution in [-0.2, 0) is 5.41 Å². The third-order valence-corrected chi connectivity index (χ3v) is 3.92. The Labute approximate surface area is 84.2 Å². The first-order chi connectivity index (χ1) is 6.27. The summed E-state index contributed by atoms with van der Waals surface area (Å²) in [6, 6.07) is 2.27. The molecule has 1 fully saturated rings. The zero-order valence-corrected chi connectivity index (χ0v) is 9.16. The summed E-state index contributed by atoms with van der Waals surface area (Å²) in [4.78, 5) is 0. The van der Waals surface area contributed by atoms with Crippen molar-refractivity contribution in [3.8, 4) is 0 Å². The maximum atomic E-state index is 3.43.